The fraction of sp³-hybridized carbons (Fsp3) is 0.0588. The number of nitrogens with zero attached hydrogens (tertiary/aromatic N) is 2. The molecular weight excluding hydrogens is 280 g/mol. The third-order valence-electron chi connectivity index (χ3n) is 3.75. The van der Waals surface area contributed by atoms with E-state index in [0.717, 1.165) is 16.9 Å². The lowest BCUT2D eigenvalue weighted by Gasteiger charge is -2.14. The highest BCUT2D eigenvalue weighted by Crippen LogP contribution is 2.38. The number of hydrogen-bond donors (Lipinski definition) is 1. The number of carboxylic acids is 1. The van der Waals surface area contributed by atoms with Crippen molar-refractivity contribution >= 4 is 5.97 Å². The van der Waals surface area contributed by atoms with Crippen LogP contribution < -0.4 is 4.74 Å². The number of hydrogen-bond acceptors (Lipinski definition) is 3. The number of rotatable bonds is 3. The first-order valence-corrected chi connectivity index (χ1v) is 6.85. The fourth-order valence-corrected chi connectivity index (χ4v) is 2.75. The van der Waals surface area contributed by atoms with Crippen LogP contribution in [0.5, 0.6) is 5.75 Å². The highest BCUT2D eigenvalue weighted by molar-refractivity contribution is 5.88. The Labute approximate surface area is 126 Å². The summed E-state index contributed by atoms with van der Waals surface area (Å²) in [7, 11) is 0. The van der Waals surface area contributed by atoms with Gasteiger partial charge in [-0.05, 0) is 24.3 Å². The van der Waals surface area contributed by atoms with E-state index in [4.69, 9.17) is 9.84 Å². The Bertz CT molecular complexity index is 870. The van der Waals surface area contributed by atoms with Crippen molar-refractivity contribution in [2.75, 3.05) is 0 Å². The second-order valence-electron chi connectivity index (χ2n) is 5.08. The number of benzene rings is 2. The van der Waals surface area contributed by atoms with Crippen molar-refractivity contribution in [3.8, 4) is 11.4 Å². The predicted molar refractivity (Wildman–Crippen MR) is 79.4 cm³/mol. The normalized spacial score (nSPS) is 15.2. The van der Waals surface area contributed by atoms with Gasteiger partial charge in [0.2, 0.25) is 0 Å². The van der Waals surface area contributed by atoms with Crippen LogP contribution in [0.2, 0.25) is 0 Å². The van der Waals surface area contributed by atoms with Crippen LogP contribution in [-0.2, 0) is 0 Å². The lowest BCUT2D eigenvalue weighted by Crippen LogP contribution is -2.07. The summed E-state index contributed by atoms with van der Waals surface area (Å²) in [5, 5.41) is 9.08. The van der Waals surface area contributed by atoms with E-state index < -0.39 is 5.97 Å². The van der Waals surface area contributed by atoms with Gasteiger partial charge in [0.05, 0.1) is 29.5 Å². The molecule has 4 rings (SSSR count). The molecule has 5 heteroatoms. The molecule has 2 aromatic carbocycles. The van der Waals surface area contributed by atoms with E-state index in [1.54, 1.807) is 30.7 Å². The van der Waals surface area contributed by atoms with E-state index in [1.165, 1.54) is 6.07 Å². The van der Waals surface area contributed by atoms with Crippen molar-refractivity contribution in [3.05, 3.63) is 77.9 Å². The molecule has 1 unspecified atom stereocenters. The van der Waals surface area contributed by atoms with Crippen molar-refractivity contribution in [1.82, 2.24) is 9.55 Å². The average Bonchev–Trinajstić information content (AvgIpc) is 3.11. The Kier molecular flexibility index (Phi) is 2.72. The Balaban J connectivity index is 1.75. The van der Waals surface area contributed by atoms with E-state index in [1.807, 2.05) is 28.8 Å². The molecular formula is C17H12N2O3. The monoisotopic (exact) mass is 292 g/mol. The molecule has 1 atom stereocenters. The third kappa shape index (κ3) is 1.87. The van der Waals surface area contributed by atoms with Gasteiger partial charge in [0, 0.05) is 5.56 Å². The van der Waals surface area contributed by atoms with Gasteiger partial charge in [-0.3, -0.25) is 4.57 Å². The number of aromatic nitrogens is 2. The maximum Gasteiger partial charge on any atom is 0.335 e. The second-order valence-corrected chi connectivity index (χ2v) is 5.08. The van der Waals surface area contributed by atoms with Gasteiger partial charge in [-0.15, -0.1) is 0 Å². The topological polar surface area (TPSA) is 64.3 Å². The van der Waals surface area contributed by atoms with Gasteiger partial charge in [-0.1, -0.05) is 24.3 Å². The molecule has 2 heterocycles. The summed E-state index contributed by atoms with van der Waals surface area (Å²) in [5.74, 6) is -0.448. The van der Waals surface area contributed by atoms with E-state index in [9.17, 15) is 4.79 Å². The molecule has 1 aliphatic heterocycles. The number of fused-ring (bicyclic) bond motifs is 3. The molecule has 0 saturated heterocycles. The predicted octanol–water partition coefficient (Wildman–Crippen LogP) is 3.05. The first kappa shape index (κ1) is 12.6. The molecule has 5 nitrogen and oxygen atoms in total. The maximum absolute atomic E-state index is 11.1. The lowest BCUT2D eigenvalue weighted by atomic mass is 10.1. The molecule has 3 aromatic rings. The van der Waals surface area contributed by atoms with Gasteiger partial charge in [0.15, 0.2) is 6.10 Å². The molecule has 0 bridgehead atoms. The average molecular weight is 292 g/mol. The minimum atomic E-state index is -0.970. The van der Waals surface area contributed by atoms with Crippen LogP contribution in [0.1, 0.15) is 27.7 Å². The van der Waals surface area contributed by atoms with Gasteiger partial charge in [-0.25, -0.2) is 9.78 Å². The second kappa shape index (κ2) is 4.73. The Morgan fingerprint density at radius 1 is 1.18 bits per heavy atom. The first-order chi connectivity index (χ1) is 10.7. The number of ether oxygens (including phenoxy) is 1. The highest BCUT2D eigenvalue weighted by Gasteiger charge is 2.30. The number of imidazole rings is 1. The minimum absolute atomic E-state index is 0.206. The van der Waals surface area contributed by atoms with Crippen LogP contribution in [0.3, 0.4) is 0 Å². The smallest absolute Gasteiger partial charge is 0.335 e. The van der Waals surface area contributed by atoms with E-state index in [2.05, 4.69) is 4.98 Å². The summed E-state index contributed by atoms with van der Waals surface area (Å²) in [6, 6.07) is 14.5. The van der Waals surface area contributed by atoms with Crippen LogP contribution in [0.15, 0.2) is 61.1 Å². The minimum Gasteiger partial charge on any atom is -0.479 e. The molecule has 0 amide bonds. The van der Waals surface area contributed by atoms with Crippen LogP contribution in [0.4, 0.5) is 0 Å². The molecule has 22 heavy (non-hydrogen) atoms. The third-order valence-corrected chi connectivity index (χ3v) is 3.75. The summed E-state index contributed by atoms with van der Waals surface area (Å²) in [5.41, 5.74) is 3.22. The largest absolute Gasteiger partial charge is 0.479 e. The zero-order valence-corrected chi connectivity index (χ0v) is 11.5. The molecule has 1 aromatic heterocycles. The van der Waals surface area contributed by atoms with Crippen molar-refractivity contribution in [1.29, 1.82) is 0 Å². The standard InChI is InChI=1S/C17H12N2O3/c20-17(21)11-4-3-5-12(8-11)22-16-13-6-1-2-7-14(13)19-10-18-9-15(16)19/h1-10,16H,(H,20,21). The molecule has 1 aliphatic rings. The van der Waals surface area contributed by atoms with Crippen LogP contribution in [0, 0.1) is 0 Å². The molecule has 0 spiro atoms. The summed E-state index contributed by atoms with van der Waals surface area (Å²) in [6.07, 6.45) is 3.24. The van der Waals surface area contributed by atoms with E-state index >= 15 is 0 Å². The van der Waals surface area contributed by atoms with Gasteiger partial charge in [0.25, 0.3) is 0 Å². The van der Waals surface area contributed by atoms with Crippen molar-refractivity contribution in [2.24, 2.45) is 0 Å². The quantitative estimate of drug-likeness (QED) is 0.806. The van der Waals surface area contributed by atoms with Crippen LogP contribution in [-0.4, -0.2) is 20.6 Å². The highest BCUT2D eigenvalue weighted by atomic mass is 16.5. The summed E-state index contributed by atoms with van der Waals surface area (Å²) in [6.45, 7) is 0. The summed E-state index contributed by atoms with van der Waals surface area (Å²) < 4.78 is 8.04. The van der Waals surface area contributed by atoms with Crippen molar-refractivity contribution in [3.63, 3.8) is 0 Å². The lowest BCUT2D eigenvalue weighted by molar-refractivity contribution is 0.0696. The number of para-hydroxylation sites is 1. The van der Waals surface area contributed by atoms with E-state index in [0.29, 0.717) is 5.75 Å². The summed E-state index contributed by atoms with van der Waals surface area (Å²) in [4.78, 5) is 15.2. The van der Waals surface area contributed by atoms with E-state index in [-0.39, 0.29) is 11.7 Å². The maximum atomic E-state index is 11.1. The molecule has 0 saturated carbocycles. The number of carboxylic acid groups (broad SMARTS) is 1. The first-order valence-electron chi connectivity index (χ1n) is 6.85. The van der Waals surface area contributed by atoms with Gasteiger partial charge in [-0.2, -0.15) is 0 Å². The molecule has 0 aliphatic carbocycles. The van der Waals surface area contributed by atoms with Gasteiger partial charge in [0.1, 0.15) is 5.75 Å². The fourth-order valence-electron chi connectivity index (χ4n) is 2.75. The number of carbonyl (C=O) groups is 1. The molecule has 108 valence electrons. The van der Waals surface area contributed by atoms with Crippen molar-refractivity contribution < 1.29 is 14.6 Å². The Morgan fingerprint density at radius 3 is 2.91 bits per heavy atom. The van der Waals surface area contributed by atoms with Gasteiger partial charge >= 0.3 is 5.97 Å². The summed E-state index contributed by atoms with van der Waals surface area (Å²) >= 11 is 0. The van der Waals surface area contributed by atoms with Crippen molar-refractivity contribution in [2.45, 2.75) is 6.10 Å². The molecule has 0 fully saturated rings. The Hall–Kier alpha value is -3.08. The zero-order valence-electron chi connectivity index (χ0n) is 11.5. The number of aromatic carboxylic acids is 1. The molecule has 0 radical (unpaired) electrons. The van der Waals surface area contributed by atoms with Gasteiger partial charge < -0.3 is 9.84 Å². The SMILES string of the molecule is O=C(O)c1cccc(OC2c3ccccc3-n3cncc32)c1. The van der Waals surface area contributed by atoms with Crippen LogP contribution in [0.25, 0.3) is 5.69 Å². The molecule has 1 N–H and O–H groups in total. The Morgan fingerprint density at radius 2 is 2.05 bits per heavy atom. The van der Waals surface area contributed by atoms with Crippen LogP contribution >= 0.6 is 0 Å². The zero-order chi connectivity index (χ0) is 15.1.